The van der Waals surface area contributed by atoms with Crippen molar-refractivity contribution in [1.29, 1.82) is 0 Å². The van der Waals surface area contributed by atoms with Gasteiger partial charge in [0.05, 0.1) is 17.7 Å². The second-order valence-corrected chi connectivity index (χ2v) is 11.7. The van der Waals surface area contributed by atoms with E-state index in [1.807, 2.05) is 104 Å². The van der Waals surface area contributed by atoms with E-state index in [-0.39, 0.29) is 18.6 Å². The van der Waals surface area contributed by atoms with E-state index in [0.717, 1.165) is 39.8 Å². The average Bonchev–Trinajstić information content (AvgIpc) is 2.88. The van der Waals surface area contributed by atoms with Crippen molar-refractivity contribution in [2.45, 2.75) is 91.8 Å². The van der Waals surface area contributed by atoms with E-state index < -0.39 is 23.3 Å². The van der Waals surface area contributed by atoms with Gasteiger partial charge in [-0.1, -0.05) is 87.0 Å². The number of hydrogen-bond acceptors (Lipinski definition) is 4. The van der Waals surface area contributed by atoms with Crippen molar-refractivity contribution in [3.05, 3.63) is 83.9 Å². The number of carbonyl (C=O) groups is 2. The fourth-order valence-corrected chi connectivity index (χ4v) is 4.55. The minimum atomic E-state index is -0.641. The van der Waals surface area contributed by atoms with E-state index >= 15 is 0 Å². The van der Waals surface area contributed by atoms with Crippen LogP contribution < -0.4 is 10.6 Å². The number of benzene rings is 2. The van der Waals surface area contributed by atoms with Gasteiger partial charge in [-0.05, 0) is 82.7 Å². The number of ether oxygens (including phenoxy) is 2. The first-order valence-electron chi connectivity index (χ1n) is 14.2. The number of alkyl carbamates (subject to hydrolysis) is 2. The maximum atomic E-state index is 13.0. The Balaban J connectivity index is 2.02. The maximum Gasteiger partial charge on any atom is 0.408 e. The first kappa shape index (κ1) is 32.7. The van der Waals surface area contributed by atoms with Gasteiger partial charge in [0.15, 0.2) is 0 Å². The molecule has 218 valence electrons. The number of amides is 2. The standard InChI is InChI=1S/C34H48N2O4/c1-11-14-30(40-32(38)36-33(7,8)28-19-17-26(18-20-28)23(3)4)25(12-2)22-39-31(37)35-34(9,10)29-16-13-15-27(21-29)24(5)6/h13,15-21,25,30H,3,5,11-12,14,22H2,1-2,4,6-10H3,(H,35,37)(H,36,38). The minimum absolute atomic E-state index is 0.135. The summed E-state index contributed by atoms with van der Waals surface area (Å²) < 4.78 is 11.6. The highest BCUT2D eigenvalue weighted by atomic mass is 16.6. The second-order valence-electron chi connectivity index (χ2n) is 11.7. The summed E-state index contributed by atoms with van der Waals surface area (Å²) in [7, 11) is 0. The van der Waals surface area contributed by atoms with Gasteiger partial charge in [-0.3, -0.25) is 0 Å². The van der Waals surface area contributed by atoms with Crippen LogP contribution in [0.15, 0.2) is 61.7 Å². The van der Waals surface area contributed by atoms with E-state index in [1.54, 1.807) is 0 Å². The molecule has 0 saturated heterocycles. The smallest absolute Gasteiger partial charge is 0.408 e. The Labute approximate surface area is 241 Å². The molecule has 0 aliphatic heterocycles. The van der Waals surface area contributed by atoms with Gasteiger partial charge >= 0.3 is 12.2 Å². The molecule has 0 fully saturated rings. The van der Waals surface area contributed by atoms with Gasteiger partial charge in [0.25, 0.3) is 0 Å². The number of carbonyl (C=O) groups excluding carboxylic acids is 2. The highest BCUT2D eigenvalue weighted by Crippen LogP contribution is 2.26. The Morgan fingerprint density at radius 1 is 0.825 bits per heavy atom. The lowest BCUT2D eigenvalue weighted by Gasteiger charge is -2.31. The maximum absolute atomic E-state index is 13.0. The fourth-order valence-electron chi connectivity index (χ4n) is 4.55. The highest BCUT2D eigenvalue weighted by Gasteiger charge is 2.30. The molecule has 2 N–H and O–H groups in total. The number of hydrogen-bond donors (Lipinski definition) is 2. The summed E-state index contributed by atoms with van der Waals surface area (Å²) in [6, 6.07) is 15.9. The van der Waals surface area contributed by atoms with Crippen molar-refractivity contribution < 1.29 is 19.1 Å². The molecule has 0 bridgehead atoms. The lowest BCUT2D eigenvalue weighted by atomic mass is 9.92. The van der Waals surface area contributed by atoms with Gasteiger partial charge in [-0.15, -0.1) is 0 Å². The zero-order valence-corrected chi connectivity index (χ0v) is 25.6. The van der Waals surface area contributed by atoms with Gasteiger partial charge in [0, 0.05) is 5.92 Å². The summed E-state index contributed by atoms with van der Waals surface area (Å²) in [5.74, 6) is -0.135. The molecular weight excluding hydrogens is 500 g/mol. The molecule has 2 amide bonds. The molecule has 40 heavy (non-hydrogen) atoms. The van der Waals surface area contributed by atoms with Crippen LogP contribution in [0.5, 0.6) is 0 Å². The fraction of sp³-hybridized carbons (Fsp3) is 0.471. The molecule has 2 aromatic rings. The van der Waals surface area contributed by atoms with Gasteiger partial charge in [0.2, 0.25) is 0 Å². The van der Waals surface area contributed by atoms with E-state index in [9.17, 15) is 9.59 Å². The van der Waals surface area contributed by atoms with Crippen molar-refractivity contribution in [3.8, 4) is 0 Å². The molecule has 0 heterocycles. The number of rotatable bonds is 13. The Bertz CT molecular complexity index is 1180. The summed E-state index contributed by atoms with van der Waals surface area (Å²) in [5.41, 5.74) is 4.68. The zero-order valence-electron chi connectivity index (χ0n) is 25.6. The highest BCUT2D eigenvalue weighted by molar-refractivity contribution is 5.70. The zero-order chi connectivity index (χ0) is 30.1. The molecule has 0 aliphatic rings. The van der Waals surface area contributed by atoms with Crippen LogP contribution in [0.4, 0.5) is 9.59 Å². The quantitative estimate of drug-likeness (QED) is 0.263. The molecule has 0 saturated carbocycles. The first-order valence-corrected chi connectivity index (χ1v) is 14.2. The van der Waals surface area contributed by atoms with Gasteiger partial charge < -0.3 is 20.1 Å². The molecule has 0 aromatic heterocycles. The molecule has 0 spiro atoms. The average molecular weight is 549 g/mol. The summed E-state index contributed by atoms with van der Waals surface area (Å²) >= 11 is 0. The number of nitrogens with one attached hydrogen (secondary N) is 2. The van der Waals surface area contributed by atoms with Crippen LogP contribution in [-0.4, -0.2) is 24.9 Å². The Morgan fingerprint density at radius 3 is 1.95 bits per heavy atom. The van der Waals surface area contributed by atoms with Crippen LogP contribution in [0, 0.1) is 5.92 Å². The Hall–Kier alpha value is -3.54. The van der Waals surface area contributed by atoms with Crippen molar-refractivity contribution in [3.63, 3.8) is 0 Å². The van der Waals surface area contributed by atoms with Crippen LogP contribution in [0.25, 0.3) is 11.1 Å². The molecule has 0 aliphatic carbocycles. The van der Waals surface area contributed by atoms with Crippen LogP contribution >= 0.6 is 0 Å². The predicted octanol–water partition coefficient (Wildman–Crippen LogP) is 8.57. The molecule has 2 atom stereocenters. The molecule has 2 unspecified atom stereocenters. The van der Waals surface area contributed by atoms with Crippen molar-refractivity contribution in [2.75, 3.05) is 6.61 Å². The van der Waals surface area contributed by atoms with Gasteiger partial charge in [-0.2, -0.15) is 0 Å². The Kier molecular flexibility index (Phi) is 11.6. The summed E-state index contributed by atoms with van der Waals surface area (Å²) in [4.78, 5) is 25.8. The van der Waals surface area contributed by atoms with Crippen molar-refractivity contribution in [1.82, 2.24) is 10.6 Å². The summed E-state index contributed by atoms with van der Waals surface area (Å²) in [5, 5.41) is 5.98. The van der Waals surface area contributed by atoms with Crippen LogP contribution in [0.2, 0.25) is 0 Å². The molecule has 0 radical (unpaired) electrons. The van der Waals surface area contributed by atoms with Crippen molar-refractivity contribution in [2.24, 2.45) is 5.92 Å². The monoisotopic (exact) mass is 548 g/mol. The van der Waals surface area contributed by atoms with Gasteiger partial charge in [0.1, 0.15) is 6.10 Å². The molecule has 2 aromatic carbocycles. The van der Waals surface area contributed by atoms with E-state index in [4.69, 9.17) is 9.47 Å². The Morgan fingerprint density at radius 2 is 1.40 bits per heavy atom. The van der Waals surface area contributed by atoms with Crippen LogP contribution in [0.3, 0.4) is 0 Å². The third-order valence-electron chi connectivity index (χ3n) is 7.32. The second kappa shape index (κ2) is 14.2. The van der Waals surface area contributed by atoms with E-state index in [2.05, 4.69) is 23.8 Å². The first-order chi connectivity index (χ1) is 18.7. The van der Waals surface area contributed by atoms with E-state index in [0.29, 0.717) is 12.8 Å². The van der Waals surface area contributed by atoms with Crippen molar-refractivity contribution >= 4 is 23.3 Å². The normalized spacial score (nSPS) is 13.1. The van der Waals surface area contributed by atoms with E-state index in [1.165, 1.54) is 0 Å². The SMILES string of the molecule is C=C(C)c1ccc(C(C)(C)NC(=O)OC(CCC)C(CC)COC(=O)NC(C)(C)c2cccc(C(=C)C)c2)cc1. The van der Waals surface area contributed by atoms with Crippen LogP contribution in [-0.2, 0) is 20.6 Å². The third-order valence-corrected chi connectivity index (χ3v) is 7.32. The molecule has 6 nitrogen and oxygen atoms in total. The van der Waals surface area contributed by atoms with Crippen LogP contribution in [0.1, 0.15) is 96.9 Å². The third kappa shape index (κ3) is 9.29. The lowest BCUT2D eigenvalue weighted by Crippen LogP contribution is -2.44. The molecular formula is C34H48N2O4. The minimum Gasteiger partial charge on any atom is -0.449 e. The molecule has 2 rings (SSSR count). The molecule has 6 heteroatoms. The number of allylic oxidation sites excluding steroid dienone is 2. The predicted molar refractivity (Wildman–Crippen MR) is 165 cm³/mol. The summed E-state index contributed by atoms with van der Waals surface area (Å²) in [6.45, 7) is 23.9. The lowest BCUT2D eigenvalue weighted by molar-refractivity contribution is 0.0212. The van der Waals surface area contributed by atoms with Gasteiger partial charge in [-0.25, -0.2) is 9.59 Å². The topological polar surface area (TPSA) is 76.7 Å². The summed E-state index contributed by atoms with van der Waals surface area (Å²) in [6.07, 6.45) is 0.810. The largest absolute Gasteiger partial charge is 0.449 e.